The minimum atomic E-state index is -0.512. The van der Waals surface area contributed by atoms with Crippen molar-refractivity contribution in [2.24, 2.45) is 0 Å². The zero-order valence-corrected chi connectivity index (χ0v) is 21.4. The quantitative estimate of drug-likeness (QED) is 0.192. The molecule has 0 radical (unpaired) electrons. The smallest absolute Gasteiger partial charge is 0.253 e. The first kappa shape index (κ1) is 26.0. The van der Waals surface area contributed by atoms with E-state index in [9.17, 15) is 14.0 Å². The second-order valence-corrected chi connectivity index (χ2v) is 9.60. The van der Waals surface area contributed by atoms with E-state index >= 15 is 0 Å². The molecule has 0 saturated carbocycles. The van der Waals surface area contributed by atoms with Crippen molar-refractivity contribution in [3.63, 3.8) is 0 Å². The van der Waals surface area contributed by atoms with Gasteiger partial charge in [0.05, 0.1) is 31.8 Å². The molecule has 0 fully saturated rings. The number of fused-ring (bicyclic) bond motifs is 1. The molecule has 8 nitrogen and oxygen atoms in total. The van der Waals surface area contributed by atoms with E-state index in [1.165, 1.54) is 25.4 Å². The molecular weight excluding hydrogens is 495 g/mol. The van der Waals surface area contributed by atoms with Crippen LogP contribution in [0.15, 0.2) is 60.9 Å². The highest BCUT2D eigenvalue weighted by molar-refractivity contribution is 7.65. The van der Waals surface area contributed by atoms with Gasteiger partial charge in [-0.05, 0) is 38.9 Å². The number of methoxy groups -OCH3 is 2. The maximum Gasteiger partial charge on any atom is 0.253 e. The van der Waals surface area contributed by atoms with Gasteiger partial charge in [0, 0.05) is 29.2 Å². The number of hydrogen-bond donors (Lipinski definition) is 1. The Kier molecular flexibility index (Phi) is 7.99. The number of anilines is 1. The molecule has 1 unspecified atom stereocenters. The van der Waals surface area contributed by atoms with Crippen LogP contribution in [0.1, 0.15) is 6.42 Å². The van der Waals surface area contributed by atoms with Gasteiger partial charge in [-0.1, -0.05) is 24.4 Å². The maximum atomic E-state index is 13.1. The Hall–Kier alpha value is -4.04. The first-order valence-corrected chi connectivity index (χ1v) is 12.3. The monoisotopic (exact) mass is 519 g/mol. The number of halogens is 1. The second kappa shape index (κ2) is 11.3. The summed E-state index contributed by atoms with van der Waals surface area (Å²) < 4.78 is 29.8. The molecule has 2 aromatic heterocycles. The van der Waals surface area contributed by atoms with Crippen molar-refractivity contribution >= 4 is 53.9 Å². The summed E-state index contributed by atoms with van der Waals surface area (Å²) in [6.45, 7) is 1.19. The summed E-state index contributed by atoms with van der Waals surface area (Å²) >= 11 is 0. The van der Waals surface area contributed by atoms with Gasteiger partial charge >= 0.3 is 0 Å². The van der Waals surface area contributed by atoms with Crippen LogP contribution in [0.3, 0.4) is 0 Å². The van der Waals surface area contributed by atoms with Crippen molar-refractivity contribution in [3.8, 4) is 23.1 Å². The zero-order valence-electron chi connectivity index (χ0n) is 20.4. The number of aromatic nitrogens is 2. The highest BCUT2D eigenvalue weighted by atomic mass is 31.1. The molecule has 0 aliphatic heterocycles. The third-order valence-corrected chi connectivity index (χ3v) is 6.78. The first-order chi connectivity index (χ1) is 17.8. The topological polar surface area (TPSA) is 114 Å². The largest absolute Gasteiger partial charge is 0.493 e. The van der Waals surface area contributed by atoms with Crippen LogP contribution < -0.4 is 30.7 Å². The summed E-state index contributed by atoms with van der Waals surface area (Å²) in [7, 11) is 2.79. The third kappa shape index (κ3) is 6.03. The van der Waals surface area contributed by atoms with Crippen molar-refractivity contribution in [2.45, 2.75) is 13.2 Å². The number of nitrogens with two attached hydrogens (primary N) is 1. The number of hydrogen-bond acceptors (Lipinski definition) is 8. The van der Waals surface area contributed by atoms with Gasteiger partial charge < -0.3 is 24.7 Å². The summed E-state index contributed by atoms with van der Waals surface area (Å²) in [5.74, 6) is 1.32. The van der Waals surface area contributed by atoms with E-state index in [0.29, 0.717) is 38.9 Å². The summed E-state index contributed by atoms with van der Waals surface area (Å²) in [6.07, 6.45) is 2.87. The summed E-state index contributed by atoms with van der Waals surface area (Å²) in [4.78, 5) is 33.8. The number of ether oxygens (including phenoxy) is 3. The number of carbonyl (C=O) groups is 2. The Labute approximate surface area is 215 Å². The van der Waals surface area contributed by atoms with Gasteiger partial charge in [-0.25, -0.2) is 9.37 Å². The summed E-state index contributed by atoms with van der Waals surface area (Å²) in [5, 5.41) is 1.26. The van der Waals surface area contributed by atoms with Crippen LogP contribution >= 0.6 is 8.58 Å². The number of nitrogen functional groups attached to an aromatic ring is 1. The molecule has 0 bridgehead atoms. The molecule has 2 aromatic carbocycles. The zero-order chi connectivity index (χ0) is 26.5. The number of nitrogens with zero attached hydrogens (tertiary/aromatic N) is 2. The summed E-state index contributed by atoms with van der Waals surface area (Å²) in [6, 6.07) is 12.5. The highest BCUT2D eigenvalue weighted by Gasteiger charge is 2.23. The lowest BCUT2D eigenvalue weighted by molar-refractivity contribution is -0.118. The number of pyridine rings is 2. The van der Waals surface area contributed by atoms with E-state index in [0.717, 1.165) is 0 Å². The van der Waals surface area contributed by atoms with Crippen LogP contribution in [0.4, 0.5) is 10.1 Å². The molecule has 4 rings (SSSR count). The Morgan fingerprint density at radius 3 is 2.38 bits per heavy atom. The second-order valence-electron chi connectivity index (χ2n) is 8.22. The van der Waals surface area contributed by atoms with E-state index < -0.39 is 6.71 Å². The Morgan fingerprint density at radius 2 is 1.70 bits per heavy atom. The summed E-state index contributed by atoms with van der Waals surface area (Å²) in [5.41, 5.74) is 7.24. The van der Waals surface area contributed by atoms with Gasteiger partial charge in [0.25, 0.3) is 6.71 Å². The van der Waals surface area contributed by atoms with E-state index in [-0.39, 0.29) is 43.6 Å². The van der Waals surface area contributed by atoms with Crippen molar-refractivity contribution in [1.82, 2.24) is 9.97 Å². The Bertz CT molecular complexity index is 1470. The van der Waals surface area contributed by atoms with Gasteiger partial charge in [0.1, 0.15) is 17.2 Å². The van der Waals surface area contributed by atoms with Crippen molar-refractivity contribution in [3.05, 3.63) is 66.7 Å². The van der Waals surface area contributed by atoms with Gasteiger partial charge in [-0.2, -0.15) is 0 Å². The fraction of sp³-hybridized carbons (Fsp3) is 0.154. The molecule has 2 heterocycles. The minimum absolute atomic E-state index is 0.171. The van der Waals surface area contributed by atoms with Gasteiger partial charge in [-0.3, -0.25) is 9.78 Å². The van der Waals surface area contributed by atoms with Crippen LogP contribution in [0.25, 0.3) is 10.9 Å². The number of benzene rings is 2. The third-order valence-electron chi connectivity index (χ3n) is 5.76. The molecule has 0 aliphatic rings. The highest BCUT2D eigenvalue weighted by Crippen LogP contribution is 2.37. The molecule has 4 aromatic rings. The molecule has 188 valence electrons. The molecular formula is C26H24BFN3O5P. The number of rotatable bonds is 10. The fourth-order valence-corrected chi connectivity index (χ4v) is 4.66. The average Bonchev–Trinajstić information content (AvgIpc) is 2.89. The Morgan fingerprint density at radius 1 is 1.00 bits per heavy atom. The van der Waals surface area contributed by atoms with E-state index in [1.807, 2.05) is 0 Å². The van der Waals surface area contributed by atoms with Gasteiger partial charge in [0.2, 0.25) is 5.88 Å². The van der Waals surface area contributed by atoms with E-state index in [1.54, 1.807) is 56.5 Å². The number of carbonyl (C=O) groups excluding carboxylic acids is 2. The molecule has 0 spiro atoms. The molecule has 0 saturated heterocycles. The Balaban J connectivity index is 1.45. The molecule has 11 heteroatoms. The predicted molar refractivity (Wildman–Crippen MR) is 144 cm³/mol. The molecule has 2 N–H and O–H groups in total. The van der Waals surface area contributed by atoms with E-state index in [2.05, 4.69) is 9.97 Å². The van der Waals surface area contributed by atoms with Crippen LogP contribution in [0.2, 0.25) is 6.82 Å². The van der Waals surface area contributed by atoms with Crippen molar-refractivity contribution in [2.75, 3.05) is 20.0 Å². The van der Waals surface area contributed by atoms with Gasteiger partial charge in [-0.15, -0.1) is 0 Å². The van der Waals surface area contributed by atoms with E-state index in [4.69, 9.17) is 19.9 Å². The molecule has 1 atom stereocenters. The lowest BCUT2D eigenvalue weighted by atomic mass is 9.43. The molecule has 0 amide bonds. The minimum Gasteiger partial charge on any atom is -0.493 e. The van der Waals surface area contributed by atoms with Crippen LogP contribution in [0.5, 0.6) is 23.1 Å². The van der Waals surface area contributed by atoms with Crippen LogP contribution in [-0.2, 0) is 9.59 Å². The van der Waals surface area contributed by atoms with Crippen molar-refractivity contribution < 1.29 is 28.2 Å². The lowest BCUT2D eigenvalue weighted by Gasteiger charge is -2.13. The molecule has 0 aliphatic carbocycles. The van der Waals surface area contributed by atoms with Gasteiger partial charge in [0.15, 0.2) is 17.0 Å². The lowest BCUT2D eigenvalue weighted by Crippen LogP contribution is -2.36. The van der Waals surface area contributed by atoms with Crippen LogP contribution in [-0.4, -0.2) is 42.1 Å². The first-order valence-electron chi connectivity index (χ1n) is 11.3. The average molecular weight is 519 g/mol. The standard InChI is InChI=1S/C26H24BFN3O5P/c1-27(15-4-6-16(28)7-5-15)24(32)13-25(33)37-17-10-19(29)26(31-14-17)36-21-8-9-30-20-12-23(35-3)22(34-2)11-18(20)21/h4-12,14,37H,13,29H2,1-3H3. The predicted octanol–water partition coefficient (Wildman–Crippen LogP) is 3.52. The SMILES string of the molecule is COc1cc2nccc(Oc3ncc(PC(=O)CC(=O)B(C)c4ccc(F)cc4)cc3N)c2cc1OC. The molecule has 37 heavy (non-hydrogen) atoms. The van der Waals surface area contributed by atoms with Crippen molar-refractivity contribution in [1.29, 1.82) is 0 Å². The van der Waals surface area contributed by atoms with Crippen LogP contribution in [0, 0.1) is 5.82 Å². The normalized spacial score (nSPS) is 11.0. The maximum absolute atomic E-state index is 13.1. The fourth-order valence-electron chi connectivity index (χ4n) is 3.72.